The van der Waals surface area contributed by atoms with Gasteiger partial charge in [-0.2, -0.15) is 13.2 Å². The summed E-state index contributed by atoms with van der Waals surface area (Å²) in [6.07, 6.45) is -2.35. The van der Waals surface area contributed by atoms with E-state index >= 15 is 0 Å². The van der Waals surface area contributed by atoms with Crippen molar-refractivity contribution in [2.45, 2.75) is 45.2 Å². The summed E-state index contributed by atoms with van der Waals surface area (Å²) in [5, 5.41) is 11.6. The number of halogens is 3. The van der Waals surface area contributed by atoms with Crippen molar-refractivity contribution in [3.8, 4) is 0 Å². The van der Waals surface area contributed by atoms with Crippen molar-refractivity contribution >= 4 is 40.9 Å². The van der Waals surface area contributed by atoms with Crippen LogP contribution in [0.5, 0.6) is 0 Å². The fraction of sp³-hybridized carbons (Fsp3) is 0.500. The van der Waals surface area contributed by atoms with E-state index in [1.54, 1.807) is 18.7 Å². The predicted octanol–water partition coefficient (Wildman–Crippen LogP) is 5.47. The summed E-state index contributed by atoms with van der Waals surface area (Å²) >= 11 is 1.37. The number of esters is 2. The lowest BCUT2D eigenvalue weighted by atomic mass is 9.97. The lowest BCUT2D eigenvalue weighted by Gasteiger charge is -2.29. The highest BCUT2D eigenvalue weighted by Crippen LogP contribution is 2.44. The summed E-state index contributed by atoms with van der Waals surface area (Å²) in [4.78, 5) is 26.5. The Kier molecular flexibility index (Phi) is 9.30. The normalized spacial score (nSPS) is 11.7. The summed E-state index contributed by atoms with van der Waals surface area (Å²) in [6.45, 7) is 6.30. The van der Waals surface area contributed by atoms with Crippen LogP contribution in [0.15, 0.2) is 19.6 Å². The molecule has 9 nitrogen and oxygen atoms in total. The van der Waals surface area contributed by atoms with Crippen molar-refractivity contribution in [3.63, 3.8) is 0 Å². The van der Waals surface area contributed by atoms with E-state index in [1.807, 2.05) is 13.2 Å². The van der Waals surface area contributed by atoms with E-state index < -0.39 is 23.9 Å². The number of ether oxygens (including phenoxy) is 2. The Labute approximate surface area is 205 Å². The zero-order valence-corrected chi connectivity index (χ0v) is 21.3. The maximum atomic E-state index is 13.0. The first-order chi connectivity index (χ1) is 16.4. The van der Waals surface area contributed by atoms with Gasteiger partial charge in [0.25, 0.3) is 0 Å². The number of azo groups is 1. The summed E-state index contributed by atoms with van der Waals surface area (Å²) in [5.41, 5.74) is 2.98. The van der Waals surface area contributed by atoms with Gasteiger partial charge in [0.05, 0.1) is 25.6 Å². The molecule has 0 N–H and O–H groups in total. The highest BCUT2D eigenvalue weighted by Gasteiger charge is 2.39. The van der Waals surface area contributed by atoms with Gasteiger partial charge in [0.15, 0.2) is 0 Å². The van der Waals surface area contributed by atoms with Gasteiger partial charge in [0, 0.05) is 10.5 Å². The largest absolute Gasteiger partial charge is 0.468 e. The number of aromatic nitrogens is 1. The molecule has 0 atom stereocenters. The van der Waals surface area contributed by atoms with Gasteiger partial charge in [-0.1, -0.05) is 12.1 Å². The molecule has 0 radical (unpaired) electrons. The molecule has 13 heteroatoms. The van der Waals surface area contributed by atoms with Crippen molar-refractivity contribution < 1.29 is 36.8 Å². The maximum Gasteiger partial charge on any atom is 0.452 e. The monoisotopic (exact) mass is 516 g/mol. The van der Waals surface area contributed by atoms with E-state index in [0.717, 1.165) is 10.5 Å². The molecule has 0 unspecified atom stereocenters. The minimum atomic E-state index is -4.69. The maximum absolute atomic E-state index is 13.0. The third-order valence-electron chi connectivity index (χ3n) is 5.38. The molecule has 2 aromatic rings. The number of methoxy groups -OCH3 is 2. The van der Waals surface area contributed by atoms with E-state index in [9.17, 15) is 22.8 Å². The topological polar surface area (TPSA) is 107 Å². The molecule has 0 spiro atoms. The zero-order valence-electron chi connectivity index (χ0n) is 20.5. The van der Waals surface area contributed by atoms with E-state index in [-0.39, 0.29) is 24.5 Å². The first kappa shape index (κ1) is 28.1. The molecule has 1 heterocycles. The van der Waals surface area contributed by atoms with Gasteiger partial charge in [0.1, 0.15) is 13.1 Å². The van der Waals surface area contributed by atoms with Crippen LogP contribution in [0.25, 0.3) is 0 Å². The van der Waals surface area contributed by atoms with Crippen LogP contribution < -0.4 is 4.90 Å². The Bertz CT molecular complexity index is 1080. The van der Waals surface area contributed by atoms with Crippen molar-refractivity contribution in [2.75, 3.05) is 38.5 Å². The third kappa shape index (κ3) is 6.13. The third-order valence-corrected chi connectivity index (χ3v) is 6.28. The quantitative estimate of drug-likeness (QED) is 0.245. The molecule has 1 aromatic carbocycles. The molecule has 2 rings (SSSR count). The molecule has 0 amide bonds. The standard InChI is InChI=1S/C22H27F3N4O5S/c1-8-14-11(2)17(26-27-21-13(4)20(34-28-21)22(23,24)25)12(3)19(35-7)18(14)29(9-15(30)32-5)10-16(31)33-6/h8-10H2,1-7H3. The summed E-state index contributed by atoms with van der Waals surface area (Å²) in [7, 11) is 2.51. The van der Waals surface area contributed by atoms with Gasteiger partial charge in [0.2, 0.25) is 11.6 Å². The average Bonchev–Trinajstić information content (AvgIpc) is 3.18. The summed E-state index contributed by atoms with van der Waals surface area (Å²) in [6, 6.07) is 0. The number of alkyl halides is 3. The zero-order chi connectivity index (χ0) is 26.5. The molecule has 192 valence electrons. The smallest absolute Gasteiger partial charge is 0.452 e. The number of hydrogen-bond donors (Lipinski definition) is 0. The Morgan fingerprint density at radius 1 is 1.03 bits per heavy atom. The van der Waals surface area contributed by atoms with Gasteiger partial charge in [-0.05, 0) is 50.1 Å². The van der Waals surface area contributed by atoms with Crippen molar-refractivity contribution in [1.29, 1.82) is 0 Å². The Morgan fingerprint density at radius 3 is 2.03 bits per heavy atom. The van der Waals surface area contributed by atoms with E-state index in [4.69, 9.17) is 9.47 Å². The number of rotatable bonds is 9. The van der Waals surface area contributed by atoms with Crippen molar-refractivity contribution in [2.24, 2.45) is 10.2 Å². The number of benzene rings is 1. The van der Waals surface area contributed by atoms with Gasteiger partial charge < -0.3 is 18.9 Å². The van der Waals surface area contributed by atoms with Crippen LogP contribution in [0.1, 0.15) is 34.9 Å². The Morgan fingerprint density at radius 2 is 1.60 bits per heavy atom. The molecule has 0 aliphatic rings. The number of carbonyl (C=O) groups excluding carboxylic acids is 2. The number of anilines is 1. The number of hydrogen-bond acceptors (Lipinski definition) is 10. The molecule has 1 aromatic heterocycles. The number of thioether (sulfide) groups is 1. The molecule has 35 heavy (non-hydrogen) atoms. The second-order valence-electron chi connectivity index (χ2n) is 7.48. The first-order valence-electron chi connectivity index (χ1n) is 10.4. The van der Waals surface area contributed by atoms with Crippen LogP contribution >= 0.6 is 11.8 Å². The summed E-state index contributed by atoms with van der Waals surface area (Å²) < 4.78 is 53.1. The number of carbonyl (C=O) groups is 2. The van der Waals surface area contributed by atoms with Crippen LogP contribution in [0.4, 0.5) is 30.4 Å². The van der Waals surface area contributed by atoms with Crippen LogP contribution in [0, 0.1) is 20.8 Å². The Balaban J connectivity index is 2.68. The predicted molar refractivity (Wildman–Crippen MR) is 124 cm³/mol. The van der Waals surface area contributed by atoms with Crippen molar-refractivity contribution in [1.82, 2.24) is 5.16 Å². The molecule has 0 saturated carbocycles. The van der Waals surface area contributed by atoms with E-state index in [0.29, 0.717) is 28.9 Å². The molecule has 0 aliphatic carbocycles. The lowest BCUT2D eigenvalue weighted by molar-refractivity contribution is -0.156. The average molecular weight is 517 g/mol. The Hall–Kier alpha value is -3.09. The second kappa shape index (κ2) is 11.6. The van der Waals surface area contributed by atoms with Crippen LogP contribution in [-0.2, 0) is 31.7 Å². The van der Waals surface area contributed by atoms with Gasteiger partial charge in [-0.25, -0.2) is 0 Å². The highest BCUT2D eigenvalue weighted by atomic mass is 32.2. The van der Waals surface area contributed by atoms with Gasteiger partial charge in [-0.3, -0.25) is 9.59 Å². The minimum Gasteiger partial charge on any atom is -0.468 e. The SMILES string of the molecule is CCc1c(C)c(N=Nc2noc(C(F)(F)F)c2C)c(C)c(SC)c1N(CC(=O)OC)CC(=O)OC. The highest BCUT2D eigenvalue weighted by molar-refractivity contribution is 7.98. The fourth-order valence-electron chi connectivity index (χ4n) is 3.63. The van der Waals surface area contributed by atoms with Crippen molar-refractivity contribution in [3.05, 3.63) is 28.0 Å². The van der Waals surface area contributed by atoms with Crippen LogP contribution in [0.2, 0.25) is 0 Å². The number of nitrogens with zero attached hydrogens (tertiary/aromatic N) is 4. The molecule has 0 saturated heterocycles. The van der Waals surface area contributed by atoms with Gasteiger partial charge >= 0.3 is 18.1 Å². The molecule has 0 fully saturated rings. The molecular weight excluding hydrogens is 489 g/mol. The van der Waals surface area contributed by atoms with Gasteiger partial charge in [-0.15, -0.1) is 22.0 Å². The minimum absolute atomic E-state index is 0.190. The van der Waals surface area contributed by atoms with Crippen LogP contribution in [0.3, 0.4) is 0 Å². The fourth-order valence-corrected chi connectivity index (χ4v) is 4.48. The van der Waals surface area contributed by atoms with Crippen LogP contribution in [-0.4, -0.2) is 50.7 Å². The van der Waals surface area contributed by atoms with E-state index in [1.165, 1.54) is 32.9 Å². The summed E-state index contributed by atoms with van der Waals surface area (Å²) in [5.74, 6) is -2.58. The molecule has 0 aliphatic heterocycles. The first-order valence-corrected chi connectivity index (χ1v) is 11.7. The lowest BCUT2D eigenvalue weighted by Crippen LogP contribution is -2.37. The second-order valence-corrected chi connectivity index (χ2v) is 8.30. The molecular formula is C22H27F3N4O5S. The molecule has 0 bridgehead atoms. The van der Waals surface area contributed by atoms with E-state index in [2.05, 4.69) is 19.9 Å².